The van der Waals surface area contributed by atoms with Crippen LogP contribution in [0.2, 0.25) is 0 Å². The lowest BCUT2D eigenvalue weighted by Gasteiger charge is -2.21. The normalized spacial score (nSPS) is 14.8. The van der Waals surface area contributed by atoms with Gasteiger partial charge in [0.15, 0.2) is 0 Å². The minimum absolute atomic E-state index is 0.177. The first-order valence-electron chi connectivity index (χ1n) is 3.18. The van der Waals surface area contributed by atoms with Gasteiger partial charge < -0.3 is 5.11 Å². The maximum Gasteiger partial charge on any atom is 0.209 e. The van der Waals surface area contributed by atoms with Crippen LogP contribution in [-0.2, 0) is 0 Å². The summed E-state index contributed by atoms with van der Waals surface area (Å²) >= 11 is 0. The number of hydrogen-bond acceptors (Lipinski definition) is 3. The number of nitro groups is 1. The molecule has 0 amide bonds. The molecule has 0 heterocycles. The van der Waals surface area contributed by atoms with E-state index in [0.29, 0.717) is 0 Å². The molecule has 10 heavy (non-hydrogen) atoms. The summed E-state index contributed by atoms with van der Waals surface area (Å²) in [5.74, 6) is -0.303. The molecule has 1 unspecified atom stereocenters. The summed E-state index contributed by atoms with van der Waals surface area (Å²) in [7, 11) is 0. The van der Waals surface area contributed by atoms with E-state index in [9.17, 15) is 15.2 Å². The van der Waals surface area contributed by atoms with Gasteiger partial charge >= 0.3 is 0 Å². The molecule has 0 aromatic rings. The number of rotatable bonds is 3. The zero-order valence-corrected chi connectivity index (χ0v) is 6.50. The summed E-state index contributed by atoms with van der Waals surface area (Å²) in [5, 5.41) is 19.2. The topological polar surface area (TPSA) is 63.4 Å². The molecule has 0 saturated heterocycles. The molecule has 0 bridgehead atoms. The summed E-state index contributed by atoms with van der Waals surface area (Å²) in [6.07, 6.45) is 0. The van der Waals surface area contributed by atoms with Crippen molar-refractivity contribution in [3.05, 3.63) is 10.1 Å². The zero-order chi connectivity index (χ0) is 8.36. The Morgan fingerprint density at radius 1 is 1.70 bits per heavy atom. The minimum atomic E-state index is -0.951. The fourth-order valence-electron chi connectivity index (χ4n) is 0.447. The van der Waals surface area contributed by atoms with Crippen molar-refractivity contribution in [2.75, 3.05) is 6.54 Å². The van der Waals surface area contributed by atoms with Gasteiger partial charge in [0.05, 0.1) is 5.60 Å². The maximum absolute atomic E-state index is 9.95. The van der Waals surface area contributed by atoms with Crippen molar-refractivity contribution < 1.29 is 10.0 Å². The molecule has 0 saturated carbocycles. The molecule has 1 N–H and O–H groups in total. The first-order valence-corrected chi connectivity index (χ1v) is 3.18. The minimum Gasteiger partial charge on any atom is -0.390 e. The van der Waals surface area contributed by atoms with Gasteiger partial charge in [0.1, 0.15) is 0 Å². The molecule has 4 nitrogen and oxygen atoms in total. The Balaban J connectivity index is 3.85. The lowest BCUT2D eigenvalue weighted by Crippen LogP contribution is -2.33. The third kappa shape index (κ3) is 3.40. The van der Waals surface area contributed by atoms with Crippen LogP contribution in [0.1, 0.15) is 20.8 Å². The average Bonchev–Trinajstić information content (AvgIpc) is 1.60. The van der Waals surface area contributed by atoms with Crippen molar-refractivity contribution in [3.8, 4) is 0 Å². The van der Waals surface area contributed by atoms with Crippen LogP contribution in [0.15, 0.2) is 0 Å². The second-order valence-corrected chi connectivity index (χ2v) is 3.07. The Morgan fingerprint density at radius 2 is 2.10 bits per heavy atom. The van der Waals surface area contributed by atoms with Crippen LogP contribution in [-0.4, -0.2) is 22.2 Å². The highest BCUT2D eigenvalue weighted by Crippen LogP contribution is 2.14. The van der Waals surface area contributed by atoms with Gasteiger partial charge in [0, 0.05) is 10.8 Å². The fraction of sp³-hybridized carbons (Fsp3) is 1.00. The maximum atomic E-state index is 9.95. The van der Waals surface area contributed by atoms with Crippen LogP contribution < -0.4 is 0 Å². The summed E-state index contributed by atoms with van der Waals surface area (Å²) in [5.41, 5.74) is -0.951. The third-order valence-corrected chi connectivity index (χ3v) is 1.63. The first kappa shape index (κ1) is 9.36. The highest BCUT2D eigenvalue weighted by Gasteiger charge is 2.26. The molecule has 0 aromatic carbocycles. The predicted octanol–water partition coefficient (Wildman–Crippen LogP) is 0.670. The van der Waals surface area contributed by atoms with E-state index in [2.05, 4.69) is 0 Å². The van der Waals surface area contributed by atoms with E-state index in [-0.39, 0.29) is 12.5 Å². The highest BCUT2D eigenvalue weighted by molar-refractivity contribution is 4.72. The second-order valence-electron chi connectivity index (χ2n) is 3.07. The highest BCUT2D eigenvalue weighted by atomic mass is 16.6. The molecule has 60 valence electrons. The van der Waals surface area contributed by atoms with Crippen molar-refractivity contribution in [3.63, 3.8) is 0 Å². The third-order valence-electron chi connectivity index (χ3n) is 1.63. The van der Waals surface area contributed by atoms with E-state index in [4.69, 9.17) is 0 Å². The van der Waals surface area contributed by atoms with Gasteiger partial charge in [-0.05, 0) is 13.8 Å². The van der Waals surface area contributed by atoms with Gasteiger partial charge in [0.2, 0.25) is 6.54 Å². The number of nitrogens with zero attached hydrogens (tertiary/aromatic N) is 1. The van der Waals surface area contributed by atoms with Crippen LogP contribution >= 0.6 is 0 Å². The summed E-state index contributed by atoms with van der Waals surface area (Å²) in [4.78, 5) is 9.54. The van der Waals surface area contributed by atoms with E-state index in [1.807, 2.05) is 0 Å². The fourth-order valence-corrected chi connectivity index (χ4v) is 0.447. The standard InChI is InChI=1S/C6H13NO3/c1-5(4-7(9)10)6(2,3)8/h5,8H,4H2,1-3H3. The van der Waals surface area contributed by atoms with Crippen LogP contribution in [0.3, 0.4) is 0 Å². The monoisotopic (exact) mass is 147 g/mol. The molecule has 4 heteroatoms. The zero-order valence-electron chi connectivity index (χ0n) is 6.50. The van der Waals surface area contributed by atoms with Crippen LogP contribution in [0.5, 0.6) is 0 Å². The molecule has 1 atom stereocenters. The van der Waals surface area contributed by atoms with E-state index in [0.717, 1.165) is 0 Å². The van der Waals surface area contributed by atoms with Crippen LogP contribution in [0.25, 0.3) is 0 Å². The summed E-state index contributed by atoms with van der Waals surface area (Å²) in [6.45, 7) is 4.62. The van der Waals surface area contributed by atoms with E-state index >= 15 is 0 Å². The second kappa shape index (κ2) is 2.96. The SMILES string of the molecule is CC(C[N+](=O)[O-])C(C)(C)O. The first-order chi connectivity index (χ1) is 4.34. The molecule has 0 radical (unpaired) electrons. The van der Waals surface area contributed by atoms with Crippen molar-refractivity contribution in [2.24, 2.45) is 5.92 Å². The lowest BCUT2D eigenvalue weighted by molar-refractivity contribution is -0.491. The van der Waals surface area contributed by atoms with Gasteiger partial charge in [-0.2, -0.15) is 0 Å². The van der Waals surface area contributed by atoms with Crippen LogP contribution in [0, 0.1) is 16.0 Å². The van der Waals surface area contributed by atoms with Gasteiger partial charge in [-0.25, -0.2) is 0 Å². The van der Waals surface area contributed by atoms with Gasteiger partial charge in [-0.3, -0.25) is 10.1 Å². The molecule has 0 rings (SSSR count). The molecule has 0 aromatic heterocycles. The Hall–Kier alpha value is -0.640. The molecular weight excluding hydrogens is 134 g/mol. The molecule has 0 spiro atoms. The Morgan fingerprint density at radius 3 is 2.20 bits per heavy atom. The number of hydrogen-bond donors (Lipinski definition) is 1. The Bertz CT molecular complexity index is 127. The Labute approximate surface area is 60.0 Å². The average molecular weight is 147 g/mol. The molecule has 0 aliphatic heterocycles. The number of aliphatic hydroxyl groups is 1. The largest absolute Gasteiger partial charge is 0.390 e. The van der Waals surface area contributed by atoms with E-state index in [1.165, 1.54) is 0 Å². The molecular formula is C6H13NO3. The summed E-state index contributed by atoms with van der Waals surface area (Å²) in [6, 6.07) is 0. The van der Waals surface area contributed by atoms with Gasteiger partial charge in [-0.15, -0.1) is 0 Å². The molecule has 0 aliphatic carbocycles. The van der Waals surface area contributed by atoms with E-state index < -0.39 is 10.5 Å². The van der Waals surface area contributed by atoms with Gasteiger partial charge in [0.25, 0.3) is 0 Å². The van der Waals surface area contributed by atoms with Gasteiger partial charge in [-0.1, -0.05) is 6.92 Å². The van der Waals surface area contributed by atoms with E-state index in [1.54, 1.807) is 20.8 Å². The van der Waals surface area contributed by atoms with Crippen molar-refractivity contribution >= 4 is 0 Å². The molecule has 0 fully saturated rings. The lowest BCUT2D eigenvalue weighted by atomic mass is 9.93. The van der Waals surface area contributed by atoms with Crippen molar-refractivity contribution in [1.82, 2.24) is 0 Å². The van der Waals surface area contributed by atoms with Crippen molar-refractivity contribution in [2.45, 2.75) is 26.4 Å². The van der Waals surface area contributed by atoms with Crippen molar-refractivity contribution in [1.29, 1.82) is 0 Å². The predicted molar refractivity (Wildman–Crippen MR) is 37.3 cm³/mol. The quantitative estimate of drug-likeness (QED) is 0.471. The summed E-state index contributed by atoms with van der Waals surface area (Å²) < 4.78 is 0. The Kier molecular flexibility index (Phi) is 2.77. The van der Waals surface area contributed by atoms with Crippen LogP contribution in [0.4, 0.5) is 0 Å². The molecule has 0 aliphatic rings. The smallest absolute Gasteiger partial charge is 0.209 e.